The van der Waals surface area contributed by atoms with Gasteiger partial charge < -0.3 is 5.32 Å². The average molecular weight is 224 g/mol. The van der Waals surface area contributed by atoms with Gasteiger partial charge in [-0.25, -0.2) is 0 Å². The molecule has 0 aromatic rings. The first-order valence-electron chi connectivity index (χ1n) is 7.15. The molecular weight excluding hydrogens is 196 g/mol. The third-order valence-corrected chi connectivity index (χ3v) is 4.62. The second kappa shape index (κ2) is 5.05. The molecule has 0 radical (unpaired) electrons. The van der Waals surface area contributed by atoms with Crippen LogP contribution in [0.5, 0.6) is 0 Å². The summed E-state index contributed by atoms with van der Waals surface area (Å²) in [4.78, 5) is 2.79. The summed E-state index contributed by atoms with van der Waals surface area (Å²) >= 11 is 0. The smallest absolute Gasteiger partial charge is 0.0208 e. The van der Waals surface area contributed by atoms with Gasteiger partial charge in [0.05, 0.1) is 0 Å². The van der Waals surface area contributed by atoms with Crippen LogP contribution < -0.4 is 5.32 Å². The SMILES string of the molecule is CCC1(N2CCNC(CC(C)C)C2)CCC1. The van der Waals surface area contributed by atoms with Gasteiger partial charge in [-0.15, -0.1) is 0 Å². The third-order valence-electron chi connectivity index (χ3n) is 4.62. The molecule has 1 N–H and O–H groups in total. The van der Waals surface area contributed by atoms with E-state index in [1.54, 1.807) is 0 Å². The van der Waals surface area contributed by atoms with E-state index in [1.807, 2.05) is 0 Å². The lowest BCUT2D eigenvalue weighted by molar-refractivity contribution is -0.00964. The molecule has 2 fully saturated rings. The number of nitrogens with one attached hydrogen (secondary N) is 1. The molecule has 2 rings (SSSR count). The quantitative estimate of drug-likeness (QED) is 0.790. The maximum absolute atomic E-state index is 3.68. The zero-order chi connectivity index (χ0) is 11.6. The highest BCUT2D eigenvalue weighted by molar-refractivity contribution is 4.99. The predicted molar refractivity (Wildman–Crippen MR) is 69.7 cm³/mol. The number of hydrogen-bond acceptors (Lipinski definition) is 2. The molecule has 1 heterocycles. The van der Waals surface area contributed by atoms with Gasteiger partial charge >= 0.3 is 0 Å². The van der Waals surface area contributed by atoms with Crippen LogP contribution in [0.3, 0.4) is 0 Å². The van der Waals surface area contributed by atoms with E-state index in [1.165, 1.54) is 51.7 Å². The van der Waals surface area contributed by atoms with E-state index >= 15 is 0 Å². The van der Waals surface area contributed by atoms with Gasteiger partial charge in [-0.3, -0.25) is 4.90 Å². The Bertz CT molecular complexity index is 215. The second-order valence-electron chi connectivity index (χ2n) is 6.16. The average Bonchev–Trinajstić information content (AvgIpc) is 2.16. The molecule has 2 aliphatic rings. The fraction of sp³-hybridized carbons (Fsp3) is 1.00. The molecule has 2 heteroatoms. The zero-order valence-corrected chi connectivity index (χ0v) is 11.3. The molecule has 16 heavy (non-hydrogen) atoms. The highest BCUT2D eigenvalue weighted by Crippen LogP contribution is 2.40. The van der Waals surface area contributed by atoms with Crippen LogP contribution in [0.2, 0.25) is 0 Å². The molecule has 0 aromatic heterocycles. The molecule has 0 bridgehead atoms. The van der Waals surface area contributed by atoms with E-state index in [-0.39, 0.29) is 0 Å². The lowest BCUT2D eigenvalue weighted by Crippen LogP contribution is -2.62. The molecular formula is C14H28N2. The van der Waals surface area contributed by atoms with E-state index in [0.29, 0.717) is 5.54 Å². The van der Waals surface area contributed by atoms with Gasteiger partial charge in [0.2, 0.25) is 0 Å². The van der Waals surface area contributed by atoms with Crippen molar-refractivity contribution in [1.29, 1.82) is 0 Å². The summed E-state index contributed by atoms with van der Waals surface area (Å²) < 4.78 is 0. The van der Waals surface area contributed by atoms with E-state index in [2.05, 4.69) is 31.0 Å². The third kappa shape index (κ3) is 2.43. The highest BCUT2D eigenvalue weighted by atomic mass is 15.3. The first kappa shape index (κ1) is 12.4. The molecule has 2 nitrogen and oxygen atoms in total. The summed E-state index contributed by atoms with van der Waals surface area (Å²) in [5.74, 6) is 0.816. The molecule has 1 atom stereocenters. The van der Waals surface area contributed by atoms with Crippen molar-refractivity contribution in [2.45, 2.75) is 64.5 Å². The van der Waals surface area contributed by atoms with E-state index in [9.17, 15) is 0 Å². The lowest BCUT2D eigenvalue weighted by Gasteiger charge is -2.53. The van der Waals surface area contributed by atoms with Crippen LogP contribution in [0.1, 0.15) is 52.9 Å². The molecule has 0 amide bonds. The fourth-order valence-corrected chi connectivity index (χ4v) is 3.46. The molecule has 0 aromatic carbocycles. The minimum Gasteiger partial charge on any atom is -0.311 e. The van der Waals surface area contributed by atoms with Crippen molar-refractivity contribution in [1.82, 2.24) is 10.2 Å². The Morgan fingerprint density at radius 2 is 2.12 bits per heavy atom. The lowest BCUT2D eigenvalue weighted by atomic mass is 9.73. The maximum Gasteiger partial charge on any atom is 0.0208 e. The minimum atomic E-state index is 0.595. The van der Waals surface area contributed by atoms with Gasteiger partial charge in [-0.1, -0.05) is 20.8 Å². The van der Waals surface area contributed by atoms with Gasteiger partial charge in [-0.2, -0.15) is 0 Å². The van der Waals surface area contributed by atoms with Crippen molar-refractivity contribution in [2.75, 3.05) is 19.6 Å². The number of piperazine rings is 1. The van der Waals surface area contributed by atoms with Crippen LogP contribution in [0.25, 0.3) is 0 Å². The highest BCUT2D eigenvalue weighted by Gasteiger charge is 2.42. The molecule has 94 valence electrons. The van der Waals surface area contributed by atoms with Crippen molar-refractivity contribution in [3.63, 3.8) is 0 Å². The zero-order valence-electron chi connectivity index (χ0n) is 11.3. The first-order chi connectivity index (χ1) is 7.66. The Morgan fingerprint density at radius 1 is 1.38 bits per heavy atom. The minimum absolute atomic E-state index is 0.595. The Balaban J connectivity index is 1.90. The van der Waals surface area contributed by atoms with E-state index in [4.69, 9.17) is 0 Å². The second-order valence-corrected chi connectivity index (χ2v) is 6.16. The number of rotatable bonds is 4. The molecule has 1 unspecified atom stereocenters. The van der Waals surface area contributed by atoms with Crippen LogP contribution in [0.15, 0.2) is 0 Å². The monoisotopic (exact) mass is 224 g/mol. The number of nitrogens with zero attached hydrogens (tertiary/aromatic N) is 1. The molecule has 1 saturated heterocycles. The van der Waals surface area contributed by atoms with E-state index < -0.39 is 0 Å². The van der Waals surface area contributed by atoms with Crippen LogP contribution in [-0.4, -0.2) is 36.1 Å². The summed E-state index contributed by atoms with van der Waals surface area (Å²) in [6.07, 6.45) is 7.01. The fourth-order valence-electron chi connectivity index (χ4n) is 3.46. The Hall–Kier alpha value is -0.0800. The van der Waals surface area contributed by atoms with Crippen LogP contribution in [0, 0.1) is 5.92 Å². The van der Waals surface area contributed by atoms with Crippen molar-refractivity contribution >= 4 is 0 Å². The first-order valence-corrected chi connectivity index (χ1v) is 7.15. The molecule has 1 saturated carbocycles. The van der Waals surface area contributed by atoms with Crippen LogP contribution >= 0.6 is 0 Å². The van der Waals surface area contributed by atoms with Gasteiger partial charge in [0.1, 0.15) is 0 Å². The van der Waals surface area contributed by atoms with Crippen molar-refractivity contribution in [3.8, 4) is 0 Å². The maximum atomic E-state index is 3.68. The molecule has 1 aliphatic heterocycles. The standard InChI is InChI=1S/C14H28N2/c1-4-14(6-5-7-14)16-9-8-15-13(11-16)10-12(2)3/h12-13,15H,4-11H2,1-3H3. The summed E-state index contributed by atoms with van der Waals surface area (Å²) in [5, 5.41) is 3.68. The van der Waals surface area contributed by atoms with Gasteiger partial charge in [0.25, 0.3) is 0 Å². The van der Waals surface area contributed by atoms with Crippen LogP contribution in [0.4, 0.5) is 0 Å². The van der Waals surface area contributed by atoms with Gasteiger partial charge in [-0.05, 0) is 38.0 Å². The largest absolute Gasteiger partial charge is 0.311 e. The van der Waals surface area contributed by atoms with Crippen molar-refractivity contribution in [2.24, 2.45) is 5.92 Å². The van der Waals surface area contributed by atoms with Crippen LogP contribution in [-0.2, 0) is 0 Å². The number of hydrogen-bond donors (Lipinski definition) is 1. The molecule has 0 spiro atoms. The summed E-state index contributed by atoms with van der Waals surface area (Å²) in [7, 11) is 0. The summed E-state index contributed by atoms with van der Waals surface area (Å²) in [6.45, 7) is 10.8. The predicted octanol–water partition coefficient (Wildman–Crippen LogP) is 2.64. The normalized spacial score (nSPS) is 30.4. The summed E-state index contributed by atoms with van der Waals surface area (Å²) in [6, 6.07) is 0.734. The molecule has 1 aliphatic carbocycles. The van der Waals surface area contributed by atoms with Gasteiger partial charge in [0.15, 0.2) is 0 Å². The summed E-state index contributed by atoms with van der Waals surface area (Å²) in [5.41, 5.74) is 0.595. The Kier molecular flexibility index (Phi) is 3.91. The van der Waals surface area contributed by atoms with Crippen molar-refractivity contribution < 1.29 is 0 Å². The van der Waals surface area contributed by atoms with Crippen molar-refractivity contribution in [3.05, 3.63) is 0 Å². The topological polar surface area (TPSA) is 15.3 Å². The van der Waals surface area contributed by atoms with E-state index in [0.717, 1.165) is 12.0 Å². The Morgan fingerprint density at radius 3 is 2.62 bits per heavy atom. The Labute approximate surface area is 101 Å². The van der Waals surface area contributed by atoms with Gasteiger partial charge in [0, 0.05) is 31.2 Å².